The van der Waals surface area contributed by atoms with Crippen LogP contribution in [-0.4, -0.2) is 33.6 Å². The zero-order valence-electron chi connectivity index (χ0n) is 61.7. The molecule has 25 aromatic rings. The fourth-order valence-corrected chi connectivity index (χ4v) is 18.7. The van der Waals surface area contributed by atoms with Crippen molar-refractivity contribution in [3.8, 4) is 51.2 Å². The van der Waals surface area contributed by atoms with Gasteiger partial charge in [-0.1, -0.05) is 292 Å². The van der Waals surface area contributed by atoms with Gasteiger partial charge in [0.1, 0.15) is 22.3 Å². The number of aromatic nitrogens is 7. The fraction of sp³-hybridized carbons (Fsp3) is 0.0189. The van der Waals surface area contributed by atoms with E-state index in [0.29, 0.717) is 16.9 Å². The molecule has 116 heavy (non-hydrogen) atoms. The minimum atomic E-state index is 0. The number of fused-ring (bicyclic) bond motifs is 28. The molecule has 0 fully saturated rings. The lowest BCUT2D eigenvalue weighted by Gasteiger charge is -2.13. The molecule has 0 N–H and O–H groups in total. The molecule has 10 heteroatoms. The van der Waals surface area contributed by atoms with Gasteiger partial charge >= 0.3 is 0 Å². The van der Waals surface area contributed by atoms with E-state index in [-0.39, 0.29) is 7.43 Å². The van der Waals surface area contributed by atoms with Gasteiger partial charge in [0.15, 0.2) is 0 Å². The smallest absolute Gasteiger partial charge is 0.235 e. The van der Waals surface area contributed by atoms with E-state index in [2.05, 4.69) is 317 Å². The molecule has 0 spiro atoms. The summed E-state index contributed by atoms with van der Waals surface area (Å²) >= 11 is 6.57. The lowest BCUT2D eigenvalue weighted by atomic mass is 9.99. The SMILES string of the molecule is C.Clc1ccc2c3c4ccccc4ccc3n(-c3nc(-c4ccc5c(c4)oc4ccccc45)c4ccccc4n3)c2c1.c1ccc2c(c1)Cc1c-2ccc2ccccc12.c1ccc2c(c1)ccc1c2c2ccc(-n3c4ccccc4c4ccc5ccccc5c43)cc2n1-c1nc(-c2ccc3c(c2)oc2ccccc23)c2ccccc2n1. The number of para-hydroxylation sites is 5. The van der Waals surface area contributed by atoms with Gasteiger partial charge in [-0.15, -0.1) is 0 Å². The van der Waals surface area contributed by atoms with Crippen LogP contribution in [0.15, 0.2) is 373 Å². The van der Waals surface area contributed by atoms with E-state index >= 15 is 0 Å². The van der Waals surface area contributed by atoms with Gasteiger partial charge in [0.2, 0.25) is 11.9 Å². The lowest BCUT2D eigenvalue weighted by Crippen LogP contribution is -2.04. The van der Waals surface area contributed by atoms with E-state index in [4.69, 9.17) is 40.4 Å². The summed E-state index contributed by atoms with van der Waals surface area (Å²) in [7, 11) is 0. The molecule has 0 saturated heterocycles. The maximum absolute atomic E-state index is 6.57. The number of nitrogens with zero attached hydrogens (tertiary/aromatic N) is 7. The van der Waals surface area contributed by atoms with Gasteiger partial charge in [-0.3, -0.25) is 9.13 Å². The van der Waals surface area contributed by atoms with E-state index < -0.39 is 0 Å². The van der Waals surface area contributed by atoms with Gasteiger partial charge in [0.25, 0.3) is 0 Å². The van der Waals surface area contributed by atoms with Crippen LogP contribution >= 0.6 is 11.6 Å². The maximum atomic E-state index is 6.57. The molecule has 0 bridgehead atoms. The highest BCUT2D eigenvalue weighted by molar-refractivity contribution is 6.32. The molecular weight excluding hydrogens is 1440 g/mol. The van der Waals surface area contributed by atoms with Crippen LogP contribution in [0, 0.1) is 0 Å². The Balaban J connectivity index is 0.000000116. The third kappa shape index (κ3) is 10.3. The highest BCUT2D eigenvalue weighted by Gasteiger charge is 2.26. The van der Waals surface area contributed by atoms with Gasteiger partial charge in [-0.05, 0) is 157 Å². The summed E-state index contributed by atoms with van der Waals surface area (Å²) in [6.07, 6.45) is 1.08. The Hall–Kier alpha value is -15.0. The van der Waals surface area contributed by atoms with Crippen molar-refractivity contribution >= 4 is 186 Å². The van der Waals surface area contributed by atoms with E-state index in [9.17, 15) is 0 Å². The molecular formula is C106H66ClN7O2. The first-order valence-corrected chi connectivity index (χ1v) is 39.3. The van der Waals surface area contributed by atoms with Crippen LogP contribution in [0.3, 0.4) is 0 Å². The van der Waals surface area contributed by atoms with Crippen LogP contribution < -0.4 is 0 Å². The largest absolute Gasteiger partial charge is 0.456 e. The number of benzene rings is 18. The minimum absolute atomic E-state index is 0. The van der Waals surface area contributed by atoms with Gasteiger partial charge in [0, 0.05) is 91.9 Å². The summed E-state index contributed by atoms with van der Waals surface area (Å²) in [5.74, 6) is 1.22. The molecule has 7 aromatic heterocycles. The average molecular weight is 1510 g/mol. The van der Waals surface area contributed by atoms with Crippen molar-refractivity contribution in [2.24, 2.45) is 0 Å². The third-order valence-electron chi connectivity index (χ3n) is 23.7. The highest BCUT2D eigenvalue weighted by atomic mass is 35.5. The minimum Gasteiger partial charge on any atom is -0.456 e. The number of hydrogen-bond donors (Lipinski definition) is 0. The first-order valence-electron chi connectivity index (χ1n) is 38.9. The molecule has 0 unspecified atom stereocenters. The Morgan fingerprint density at radius 2 is 0.698 bits per heavy atom. The summed E-state index contributed by atoms with van der Waals surface area (Å²) in [6.45, 7) is 0. The van der Waals surface area contributed by atoms with Crippen LogP contribution in [0.25, 0.3) is 225 Å². The standard InChI is InChI=1S/C52H30N4O.C36H20ClN3O.C17H12.CH4/c1-3-13-35-31(11-1)23-28-45-49(35)42-27-24-34(55-44-19-9-6-15-37(44)40-26-21-32-12-2-4-14-36(32)51(40)55)30-46(42)56(45)52-53-43-18-8-5-17-41(43)50(54-52)33-22-25-39-38-16-7-10-20-47(38)57-48(39)29-33;37-23-15-17-28-31(20-23)40(30-18-14-21-7-1-2-8-24(21)34(28)30)36-38-29-11-5-3-10-27(29)35(39-36)22-13-16-26-25-9-4-6-12-32(25)41-33(26)19-22;1-3-7-14-12(5-1)9-10-16-15-8-4-2-6-13(15)11-17(14)16;/h1-30H;1-20H;1-10H,11H2;1H4. The first-order chi connectivity index (χ1) is 56.9. The van der Waals surface area contributed by atoms with Crippen molar-refractivity contribution in [1.82, 2.24) is 33.6 Å². The van der Waals surface area contributed by atoms with Gasteiger partial charge in [0.05, 0.1) is 55.5 Å². The number of rotatable bonds is 5. The van der Waals surface area contributed by atoms with Crippen molar-refractivity contribution in [3.63, 3.8) is 0 Å². The van der Waals surface area contributed by atoms with E-state index in [1.807, 2.05) is 60.7 Å². The zero-order chi connectivity index (χ0) is 75.5. The van der Waals surface area contributed by atoms with Gasteiger partial charge < -0.3 is 13.4 Å². The molecule has 26 rings (SSSR count). The molecule has 0 aliphatic heterocycles. The molecule has 544 valence electrons. The Morgan fingerprint density at radius 1 is 0.267 bits per heavy atom. The van der Waals surface area contributed by atoms with E-state index in [1.54, 1.807) is 0 Å². The zero-order valence-corrected chi connectivity index (χ0v) is 62.4. The molecule has 0 radical (unpaired) electrons. The summed E-state index contributed by atoms with van der Waals surface area (Å²) in [4.78, 5) is 21.2. The monoisotopic (exact) mass is 1500 g/mol. The summed E-state index contributed by atoms with van der Waals surface area (Å²) in [5.41, 5.74) is 22.2. The Kier molecular flexibility index (Phi) is 15.1. The fourth-order valence-electron chi connectivity index (χ4n) is 18.5. The van der Waals surface area contributed by atoms with Crippen molar-refractivity contribution in [3.05, 3.63) is 380 Å². The number of furan rings is 2. The lowest BCUT2D eigenvalue weighted by molar-refractivity contribution is 0.668. The Labute approximate surface area is 669 Å². The molecule has 0 amide bonds. The molecule has 18 aromatic carbocycles. The maximum Gasteiger partial charge on any atom is 0.235 e. The van der Waals surface area contributed by atoms with Crippen LogP contribution in [0.5, 0.6) is 0 Å². The first kappa shape index (κ1) is 66.7. The summed E-state index contributed by atoms with van der Waals surface area (Å²) in [6, 6.07) is 128. The summed E-state index contributed by atoms with van der Waals surface area (Å²) < 4.78 is 19.4. The van der Waals surface area contributed by atoms with Gasteiger partial charge in [-0.25, -0.2) is 19.9 Å². The molecule has 1 aliphatic rings. The second-order valence-electron chi connectivity index (χ2n) is 30.0. The predicted octanol–water partition coefficient (Wildman–Crippen LogP) is 28.8. The van der Waals surface area contributed by atoms with E-state index in [1.165, 1.54) is 92.5 Å². The second kappa shape index (κ2) is 26.3. The highest BCUT2D eigenvalue weighted by Crippen LogP contribution is 2.46. The molecule has 0 saturated carbocycles. The Morgan fingerprint density at radius 3 is 1.30 bits per heavy atom. The molecule has 1 aliphatic carbocycles. The van der Waals surface area contributed by atoms with Crippen molar-refractivity contribution in [2.45, 2.75) is 13.8 Å². The van der Waals surface area contributed by atoms with Crippen LogP contribution in [-0.2, 0) is 6.42 Å². The van der Waals surface area contributed by atoms with Gasteiger partial charge in [-0.2, -0.15) is 0 Å². The number of hydrogen-bond acceptors (Lipinski definition) is 6. The molecule has 7 heterocycles. The van der Waals surface area contributed by atoms with Crippen molar-refractivity contribution < 1.29 is 8.83 Å². The van der Waals surface area contributed by atoms with Crippen LogP contribution in [0.4, 0.5) is 0 Å². The molecule has 9 nitrogen and oxygen atoms in total. The van der Waals surface area contributed by atoms with Crippen LogP contribution in [0.1, 0.15) is 18.6 Å². The predicted molar refractivity (Wildman–Crippen MR) is 484 cm³/mol. The topological polar surface area (TPSA) is 92.6 Å². The number of halogens is 1. The summed E-state index contributed by atoms with van der Waals surface area (Å²) in [5, 5.41) is 24.1. The Bertz CT molecular complexity index is 8450. The average Bonchev–Trinajstić information content (AvgIpc) is 1.57. The van der Waals surface area contributed by atoms with E-state index in [0.717, 1.165) is 139 Å². The quantitative estimate of drug-likeness (QED) is 0.170. The van der Waals surface area contributed by atoms with Crippen molar-refractivity contribution in [2.75, 3.05) is 0 Å². The normalized spacial score (nSPS) is 12.1. The third-order valence-corrected chi connectivity index (χ3v) is 23.9. The second-order valence-corrected chi connectivity index (χ2v) is 30.4. The van der Waals surface area contributed by atoms with Crippen LogP contribution in [0.2, 0.25) is 5.02 Å². The van der Waals surface area contributed by atoms with Crippen molar-refractivity contribution in [1.29, 1.82) is 0 Å². The molecule has 0 atom stereocenters.